The Balaban J connectivity index is 1.84. The second-order valence-electron chi connectivity index (χ2n) is 5.97. The maximum absolute atomic E-state index is 11.7. The number of carbonyl (C=O) groups is 1. The second-order valence-corrected chi connectivity index (χ2v) is 5.97. The van der Waals surface area contributed by atoms with Gasteiger partial charge in [-0.15, -0.1) is 0 Å². The van der Waals surface area contributed by atoms with Crippen LogP contribution < -0.4 is 4.74 Å². The number of ether oxygens (including phenoxy) is 1. The van der Waals surface area contributed by atoms with Crippen molar-refractivity contribution in [2.24, 2.45) is 0 Å². The van der Waals surface area contributed by atoms with E-state index in [4.69, 9.17) is 4.74 Å². The summed E-state index contributed by atoms with van der Waals surface area (Å²) in [5.41, 5.74) is 3.30. The molecule has 1 unspecified atom stereocenters. The molecule has 0 saturated heterocycles. The number of rotatable bonds is 6. The monoisotopic (exact) mass is 332 g/mol. The van der Waals surface area contributed by atoms with Crippen molar-refractivity contribution < 1.29 is 14.6 Å². The molecule has 3 rings (SSSR count). The minimum atomic E-state index is -0.981. The highest BCUT2D eigenvalue weighted by atomic mass is 16.5. The summed E-state index contributed by atoms with van der Waals surface area (Å²) in [5.74, 6) is -0.479. The smallest absolute Gasteiger partial charge is 0.339 e. The molecule has 3 aromatic carbocycles. The van der Waals surface area contributed by atoms with Crippen LogP contribution in [0.5, 0.6) is 5.75 Å². The number of carboxylic acid groups (broad SMARTS) is 1. The average molecular weight is 332 g/mol. The first kappa shape index (κ1) is 16.8. The fraction of sp³-hybridized carbons (Fsp3) is 0.136. The minimum absolute atomic E-state index is 0.113. The molecule has 0 fully saturated rings. The third kappa shape index (κ3) is 4.07. The molecule has 3 aromatic rings. The summed E-state index contributed by atoms with van der Waals surface area (Å²) in [6, 6.07) is 25.1. The summed E-state index contributed by atoms with van der Waals surface area (Å²) in [5, 5.41) is 9.56. The molecule has 3 heteroatoms. The zero-order chi connectivity index (χ0) is 17.6. The third-order valence-corrected chi connectivity index (χ3v) is 4.27. The van der Waals surface area contributed by atoms with Crippen molar-refractivity contribution in [2.75, 3.05) is 0 Å². The summed E-state index contributed by atoms with van der Waals surface area (Å²) in [7, 11) is 0. The van der Waals surface area contributed by atoms with Crippen molar-refractivity contribution in [3.8, 4) is 5.75 Å². The molecule has 0 aromatic heterocycles. The van der Waals surface area contributed by atoms with E-state index in [1.807, 2.05) is 66.7 Å². The molecule has 0 aliphatic carbocycles. The van der Waals surface area contributed by atoms with E-state index in [1.54, 1.807) is 12.1 Å². The minimum Gasteiger partial charge on any atom is -0.488 e. The van der Waals surface area contributed by atoms with Crippen LogP contribution in [0.3, 0.4) is 0 Å². The quantitative estimate of drug-likeness (QED) is 0.682. The molecule has 0 saturated carbocycles. The highest BCUT2D eigenvalue weighted by molar-refractivity contribution is 5.91. The van der Waals surface area contributed by atoms with Gasteiger partial charge in [0.05, 0.1) is 0 Å². The normalized spacial score (nSPS) is 11.7. The van der Waals surface area contributed by atoms with Gasteiger partial charge in [-0.2, -0.15) is 0 Å². The van der Waals surface area contributed by atoms with Gasteiger partial charge < -0.3 is 9.84 Å². The van der Waals surface area contributed by atoms with E-state index < -0.39 is 5.97 Å². The van der Waals surface area contributed by atoms with Crippen molar-refractivity contribution in [1.82, 2.24) is 0 Å². The Morgan fingerprint density at radius 2 is 1.56 bits per heavy atom. The Hall–Kier alpha value is -3.07. The SMILES string of the molecule is CC(c1ccccc1)c1ccc(OCc2ccccc2)c(C(=O)O)c1. The Morgan fingerprint density at radius 1 is 0.920 bits per heavy atom. The zero-order valence-electron chi connectivity index (χ0n) is 14.1. The second kappa shape index (κ2) is 7.67. The van der Waals surface area contributed by atoms with Gasteiger partial charge in [0.1, 0.15) is 17.9 Å². The lowest BCUT2D eigenvalue weighted by molar-refractivity contribution is 0.0691. The first-order valence-corrected chi connectivity index (χ1v) is 8.24. The van der Waals surface area contributed by atoms with Crippen molar-refractivity contribution in [3.05, 3.63) is 101 Å². The highest BCUT2D eigenvalue weighted by Crippen LogP contribution is 2.29. The molecule has 0 spiro atoms. The number of hydrogen-bond donors (Lipinski definition) is 1. The topological polar surface area (TPSA) is 46.5 Å². The summed E-state index contributed by atoms with van der Waals surface area (Å²) < 4.78 is 5.74. The van der Waals surface area contributed by atoms with E-state index in [1.165, 1.54) is 0 Å². The van der Waals surface area contributed by atoms with Crippen LogP contribution in [0, 0.1) is 0 Å². The van der Waals surface area contributed by atoms with Crippen LogP contribution in [0.15, 0.2) is 78.9 Å². The van der Waals surface area contributed by atoms with Gasteiger partial charge in [-0.1, -0.05) is 73.7 Å². The lowest BCUT2D eigenvalue weighted by Gasteiger charge is -2.15. The van der Waals surface area contributed by atoms with E-state index in [0.717, 1.165) is 16.7 Å². The van der Waals surface area contributed by atoms with Gasteiger partial charge in [-0.25, -0.2) is 4.79 Å². The van der Waals surface area contributed by atoms with Gasteiger partial charge in [0.2, 0.25) is 0 Å². The number of benzene rings is 3. The van der Waals surface area contributed by atoms with Gasteiger partial charge in [-0.05, 0) is 28.8 Å². The first-order valence-electron chi connectivity index (χ1n) is 8.24. The van der Waals surface area contributed by atoms with E-state index in [9.17, 15) is 9.90 Å². The fourth-order valence-electron chi connectivity index (χ4n) is 2.78. The fourth-order valence-corrected chi connectivity index (χ4v) is 2.78. The van der Waals surface area contributed by atoms with E-state index in [2.05, 4.69) is 6.92 Å². The summed E-state index contributed by atoms with van der Waals surface area (Å²) in [6.07, 6.45) is 0. The van der Waals surface area contributed by atoms with Crippen LogP contribution in [0.1, 0.15) is 39.9 Å². The number of carboxylic acids is 1. The van der Waals surface area contributed by atoms with E-state index >= 15 is 0 Å². The van der Waals surface area contributed by atoms with Crippen molar-refractivity contribution in [2.45, 2.75) is 19.4 Å². The molecule has 0 amide bonds. The lowest BCUT2D eigenvalue weighted by atomic mass is 9.92. The van der Waals surface area contributed by atoms with Gasteiger partial charge in [0.15, 0.2) is 0 Å². The molecule has 126 valence electrons. The van der Waals surface area contributed by atoms with Crippen LogP contribution in [-0.4, -0.2) is 11.1 Å². The standard InChI is InChI=1S/C22H20O3/c1-16(18-10-6-3-7-11-18)19-12-13-21(20(14-19)22(23)24)25-15-17-8-4-2-5-9-17/h2-14,16H,15H2,1H3,(H,23,24). The molecule has 3 nitrogen and oxygen atoms in total. The van der Waals surface area contributed by atoms with Crippen molar-refractivity contribution >= 4 is 5.97 Å². The molecule has 0 aliphatic heterocycles. The lowest BCUT2D eigenvalue weighted by Crippen LogP contribution is -2.06. The first-order chi connectivity index (χ1) is 12.1. The molecular formula is C22H20O3. The van der Waals surface area contributed by atoms with E-state index in [-0.39, 0.29) is 11.5 Å². The zero-order valence-corrected chi connectivity index (χ0v) is 14.1. The molecule has 0 radical (unpaired) electrons. The highest BCUT2D eigenvalue weighted by Gasteiger charge is 2.16. The average Bonchev–Trinajstić information content (AvgIpc) is 2.67. The summed E-state index contributed by atoms with van der Waals surface area (Å²) >= 11 is 0. The maximum atomic E-state index is 11.7. The molecule has 1 N–H and O–H groups in total. The van der Waals surface area contributed by atoms with Gasteiger partial charge in [-0.3, -0.25) is 0 Å². The van der Waals surface area contributed by atoms with Gasteiger partial charge in [0.25, 0.3) is 0 Å². The number of aromatic carboxylic acids is 1. The predicted octanol–water partition coefficient (Wildman–Crippen LogP) is 5.12. The number of hydrogen-bond acceptors (Lipinski definition) is 2. The molecule has 0 aliphatic rings. The van der Waals surface area contributed by atoms with Crippen LogP contribution in [0.25, 0.3) is 0 Å². The van der Waals surface area contributed by atoms with Gasteiger partial charge >= 0.3 is 5.97 Å². The molecule has 25 heavy (non-hydrogen) atoms. The maximum Gasteiger partial charge on any atom is 0.339 e. The Bertz CT molecular complexity index is 842. The molecular weight excluding hydrogens is 312 g/mol. The molecule has 0 heterocycles. The Morgan fingerprint density at radius 3 is 2.20 bits per heavy atom. The van der Waals surface area contributed by atoms with Gasteiger partial charge in [0, 0.05) is 5.92 Å². The van der Waals surface area contributed by atoms with Crippen molar-refractivity contribution in [1.29, 1.82) is 0 Å². The van der Waals surface area contributed by atoms with E-state index in [0.29, 0.717) is 12.4 Å². The van der Waals surface area contributed by atoms with Crippen LogP contribution >= 0.6 is 0 Å². The largest absolute Gasteiger partial charge is 0.488 e. The van der Waals surface area contributed by atoms with Crippen LogP contribution in [-0.2, 0) is 6.61 Å². The van der Waals surface area contributed by atoms with Crippen LogP contribution in [0.2, 0.25) is 0 Å². The van der Waals surface area contributed by atoms with Crippen LogP contribution in [0.4, 0.5) is 0 Å². The summed E-state index contributed by atoms with van der Waals surface area (Å²) in [4.78, 5) is 11.7. The molecule has 1 atom stereocenters. The predicted molar refractivity (Wildman–Crippen MR) is 98.1 cm³/mol. The Kier molecular flexibility index (Phi) is 5.14. The summed E-state index contributed by atoms with van der Waals surface area (Å²) in [6.45, 7) is 2.41. The Labute approximate surface area is 147 Å². The third-order valence-electron chi connectivity index (χ3n) is 4.27. The van der Waals surface area contributed by atoms with Crippen molar-refractivity contribution in [3.63, 3.8) is 0 Å². The molecule has 0 bridgehead atoms.